The summed E-state index contributed by atoms with van der Waals surface area (Å²) >= 11 is 16.6. The van der Waals surface area contributed by atoms with Crippen LogP contribution in [0.3, 0.4) is 0 Å². The summed E-state index contributed by atoms with van der Waals surface area (Å²) < 4.78 is 0.165. The summed E-state index contributed by atoms with van der Waals surface area (Å²) in [6, 6.07) is 4.68. The number of carbonyl (C=O) groups is 1. The van der Waals surface area contributed by atoms with Crippen LogP contribution in [-0.2, 0) is 0 Å². The molecule has 0 aliphatic heterocycles. The van der Waals surface area contributed by atoms with Crippen molar-refractivity contribution in [2.75, 3.05) is 0 Å². The molecule has 0 spiro atoms. The summed E-state index contributed by atoms with van der Waals surface area (Å²) in [5.74, 6) is -1.07. The molecule has 6 heteroatoms. The van der Waals surface area contributed by atoms with E-state index in [-0.39, 0.29) is 10.2 Å². The average Bonchev–Trinajstić information content (AvgIpc) is 2.19. The molecular formula is C10H5Cl2NO2S. The fraction of sp³-hybridized carbons (Fsp3) is 0. The van der Waals surface area contributed by atoms with Crippen molar-refractivity contribution in [3.63, 3.8) is 0 Å². The molecule has 82 valence electrons. The molecule has 0 aliphatic carbocycles. The van der Waals surface area contributed by atoms with Crippen LogP contribution in [0.5, 0.6) is 0 Å². The van der Waals surface area contributed by atoms with E-state index in [0.29, 0.717) is 20.9 Å². The standard InChI is InChI=1S/C10H5Cl2NO2S/c11-6-2-4-1-5(10(14)15)9(16)13-8(4)3-7(6)12/h1-3H,(H,13,16)(H,14,15). The van der Waals surface area contributed by atoms with Crippen molar-refractivity contribution < 1.29 is 9.90 Å². The third-order valence-corrected chi connectivity index (χ3v) is 3.16. The van der Waals surface area contributed by atoms with Gasteiger partial charge in [0.1, 0.15) is 4.64 Å². The second kappa shape index (κ2) is 4.05. The third-order valence-electron chi connectivity index (χ3n) is 2.12. The van der Waals surface area contributed by atoms with E-state index in [1.54, 1.807) is 12.1 Å². The summed E-state index contributed by atoms with van der Waals surface area (Å²) in [5.41, 5.74) is 0.699. The fourth-order valence-corrected chi connectivity index (χ4v) is 1.95. The Hall–Kier alpha value is -1.10. The molecular weight excluding hydrogens is 269 g/mol. The Morgan fingerprint density at radius 2 is 1.88 bits per heavy atom. The molecule has 0 unspecified atom stereocenters. The zero-order valence-electron chi connectivity index (χ0n) is 7.75. The van der Waals surface area contributed by atoms with Gasteiger partial charge in [0, 0.05) is 10.9 Å². The number of H-pyrrole nitrogens is 1. The van der Waals surface area contributed by atoms with Crippen molar-refractivity contribution in [1.29, 1.82) is 0 Å². The SMILES string of the molecule is O=C(O)c1cc2cc(Cl)c(Cl)cc2[nH]c1=S. The first-order valence-corrected chi connectivity index (χ1v) is 5.41. The van der Waals surface area contributed by atoms with E-state index >= 15 is 0 Å². The maximum Gasteiger partial charge on any atom is 0.338 e. The van der Waals surface area contributed by atoms with Gasteiger partial charge in [0.15, 0.2) is 0 Å². The Kier molecular flexibility index (Phi) is 2.88. The van der Waals surface area contributed by atoms with Crippen molar-refractivity contribution in [1.82, 2.24) is 4.98 Å². The topological polar surface area (TPSA) is 53.1 Å². The summed E-state index contributed by atoms with van der Waals surface area (Å²) in [6.45, 7) is 0. The molecule has 0 saturated carbocycles. The van der Waals surface area contributed by atoms with Gasteiger partial charge >= 0.3 is 5.97 Å². The highest BCUT2D eigenvalue weighted by Gasteiger charge is 2.08. The lowest BCUT2D eigenvalue weighted by molar-refractivity contribution is 0.0696. The first-order chi connectivity index (χ1) is 7.49. The largest absolute Gasteiger partial charge is 0.478 e. The monoisotopic (exact) mass is 273 g/mol. The normalized spacial score (nSPS) is 10.6. The van der Waals surface area contributed by atoms with Crippen molar-refractivity contribution in [3.8, 4) is 0 Å². The van der Waals surface area contributed by atoms with Gasteiger partial charge in [-0.2, -0.15) is 0 Å². The number of rotatable bonds is 1. The Morgan fingerprint density at radius 1 is 1.25 bits per heavy atom. The average molecular weight is 274 g/mol. The van der Waals surface area contributed by atoms with Crippen molar-refractivity contribution in [2.24, 2.45) is 0 Å². The van der Waals surface area contributed by atoms with Gasteiger partial charge in [-0.3, -0.25) is 0 Å². The molecule has 2 rings (SSSR count). The van der Waals surface area contributed by atoms with E-state index in [1.807, 2.05) is 0 Å². The Bertz CT molecular complexity index is 651. The highest BCUT2D eigenvalue weighted by atomic mass is 35.5. The molecule has 2 N–H and O–H groups in total. The van der Waals surface area contributed by atoms with Crippen LogP contribution in [0.1, 0.15) is 10.4 Å². The maximum atomic E-state index is 10.9. The number of aromatic nitrogens is 1. The highest BCUT2D eigenvalue weighted by Crippen LogP contribution is 2.27. The number of nitrogens with one attached hydrogen (secondary N) is 1. The molecule has 1 aromatic carbocycles. The van der Waals surface area contributed by atoms with Gasteiger partial charge in [0.05, 0.1) is 15.6 Å². The second-order valence-electron chi connectivity index (χ2n) is 3.17. The lowest BCUT2D eigenvalue weighted by Gasteiger charge is -2.03. The minimum absolute atomic E-state index is 0.0425. The predicted octanol–water partition coefficient (Wildman–Crippen LogP) is 3.90. The number of carboxylic acids is 1. The van der Waals surface area contributed by atoms with Crippen LogP contribution in [-0.4, -0.2) is 16.1 Å². The van der Waals surface area contributed by atoms with Crippen LogP contribution in [0.2, 0.25) is 10.0 Å². The molecule has 3 nitrogen and oxygen atoms in total. The molecule has 0 bridgehead atoms. The van der Waals surface area contributed by atoms with Gasteiger partial charge in [-0.25, -0.2) is 4.79 Å². The van der Waals surface area contributed by atoms with Crippen LogP contribution >= 0.6 is 35.4 Å². The van der Waals surface area contributed by atoms with E-state index in [2.05, 4.69) is 4.98 Å². The van der Waals surface area contributed by atoms with Crippen LogP contribution in [0.15, 0.2) is 18.2 Å². The van der Waals surface area contributed by atoms with Crippen molar-refractivity contribution >= 4 is 52.3 Å². The van der Waals surface area contributed by atoms with Gasteiger partial charge in [-0.1, -0.05) is 35.4 Å². The molecule has 0 fully saturated rings. The molecule has 0 atom stereocenters. The lowest BCUT2D eigenvalue weighted by atomic mass is 10.1. The van der Waals surface area contributed by atoms with E-state index in [1.165, 1.54) is 6.07 Å². The number of aromatic amines is 1. The predicted molar refractivity (Wildman–Crippen MR) is 66.1 cm³/mol. The first-order valence-electron chi connectivity index (χ1n) is 4.24. The molecule has 1 aromatic heterocycles. The molecule has 2 aromatic rings. The minimum Gasteiger partial charge on any atom is -0.478 e. The number of halogens is 2. The van der Waals surface area contributed by atoms with Gasteiger partial charge in [0.2, 0.25) is 0 Å². The lowest BCUT2D eigenvalue weighted by Crippen LogP contribution is -1.99. The van der Waals surface area contributed by atoms with E-state index in [9.17, 15) is 4.79 Å². The summed E-state index contributed by atoms with van der Waals surface area (Å²) in [6.07, 6.45) is 0. The fourth-order valence-electron chi connectivity index (χ4n) is 1.36. The molecule has 16 heavy (non-hydrogen) atoms. The number of benzene rings is 1. The highest BCUT2D eigenvalue weighted by molar-refractivity contribution is 7.71. The summed E-state index contributed by atoms with van der Waals surface area (Å²) in [5, 5.41) is 10.3. The Morgan fingerprint density at radius 3 is 2.50 bits per heavy atom. The molecule has 0 saturated heterocycles. The Balaban J connectivity index is 2.85. The smallest absolute Gasteiger partial charge is 0.338 e. The number of hydrogen-bond donors (Lipinski definition) is 2. The second-order valence-corrected chi connectivity index (χ2v) is 4.39. The number of carboxylic acid groups (broad SMARTS) is 1. The van der Waals surface area contributed by atoms with E-state index in [4.69, 9.17) is 40.5 Å². The minimum atomic E-state index is -1.07. The quantitative estimate of drug-likeness (QED) is 0.775. The van der Waals surface area contributed by atoms with Crippen LogP contribution in [0.4, 0.5) is 0 Å². The summed E-state index contributed by atoms with van der Waals surface area (Å²) in [7, 11) is 0. The maximum absolute atomic E-state index is 10.9. The van der Waals surface area contributed by atoms with Gasteiger partial charge in [-0.15, -0.1) is 0 Å². The van der Waals surface area contributed by atoms with Gasteiger partial charge in [0.25, 0.3) is 0 Å². The molecule has 0 amide bonds. The Labute approximate surface area is 106 Å². The summed E-state index contributed by atoms with van der Waals surface area (Å²) in [4.78, 5) is 13.7. The van der Waals surface area contributed by atoms with E-state index < -0.39 is 5.97 Å². The van der Waals surface area contributed by atoms with Crippen LogP contribution in [0.25, 0.3) is 10.9 Å². The van der Waals surface area contributed by atoms with Crippen LogP contribution < -0.4 is 0 Å². The van der Waals surface area contributed by atoms with Crippen LogP contribution in [0, 0.1) is 4.64 Å². The van der Waals surface area contributed by atoms with Crippen molar-refractivity contribution in [3.05, 3.63) is 38.4 Å². The molecule has 0 aliphatic rings. The van der Waals surface area contributed by atoms with Gasteiger partial charge < -0.3 is 10.1 Å². The third kappa shape index (κ3) is 1.91. The zero-order chi connectivity index (χ0) is 11.9. The van der Waals surface area contributed by atoms with Gasteiger partial charge in [-0.05, 0) is 18.2 Å². The zero-order valence-corrected chi connectivity index (χ0v) is 10.1. The number of pyridine rings is 1. The first kappa shape index (κ1) is 11.4. The number of hydrogen-bond acceptors (Lipinski definition) is 2. The number of aromatic carboxylic acids is 1. The molecule has 1 heterocycles. The van der Waals surface area contributed by atoms with E-state index in [0.717, 1.165) is 0 Å². The molecule has 0 radical (unpaired) electrons. The van der Waals surface area contributed by atoms with Crippen molar-refractivity contribution in [2.45, 2.75) is 0 Å². The number of fused-ring (bicyclic) bond motifs is 1.